The van der Waals surface area contributed by atoms with E-state index in [0.717, 1.165) is 21.3 Å². The maximum absolute atomic E-state index is 12.5. The summed E-state index contributed by atoms with van der Waals surface area (Å²) in [5.74, 6) is -0.131. The van der Waals surface area contributed by atoms with Crippen LogP contribution in [0.2, 0.25) is 0 Å². The fourth-order valence-corrected chi connectivity index (χ4v) is 3.36. The van der Waals surface area contributed by atoms with Gasteiger partial charge >= 0.3 is 6.03 Å². The highest BCUT2D eigenvalue weighted by molar-refractivity contribution is 9.10. The minimum atomic E-state index is -0.131. The fourth-order valence-electron chi connectivity index (χ4n) is 2.94. The van der Waals surface area contributed by atoms with Crippen molar-refractivity contribution in [3.63, 3.8) is 0 Å². The van der Waals surface area contributed by atoms with Gasteiger partial charge in [-0.25, -0.2) is 4.79 Å². The molecule has 2 aromatic carbocycles. The Morgan fingerprint density at radius 1 is 1.28 bits per heavy atom. The van der Waals surface area contributed by atoms with Crippen molar-refractivity contribution >= 4 is 33.6 Å². The molecule has 3 rings (SSSR count). The van der Waals surface area contributed by atoms with Gasteiger partial charge in [-0.05, 0) is 55.3 Å². The zero-order chi connectivity index (χ0) is 18.0. The van der Waals surface area contributed by atoms with Crippen LogP contribution in [0.1, 0.15) is 34.5 Å². The third-order valence-electron chi connectivity index (χ3n) is 4.30. The van der Waals surface area contributed by atoms with E-state index in [4.69, 9.17) is 0 Å². The number of aryl methyl sites for hydroxylation is 1. The standard InChI is InChI=1S/C19H20BrN3O2/c1-12-10-15(6-7-17(12)23-9-8-21-19(23)25)18(24)22-13(2)14-4-3-5-16(20)11-14/h3-7,10-11,13H,8-9H2,1-2H3,(H,21,25)(H,22,24). The van der Waals surface area contributed by atoms with E-state index < -0.39 is 0 Å². The SMILES string of the molecule is Cc1cc(C(=O)NC(C)c2cccc(Br)c2)ccc1N1CCNC1=O. The number of benzene rings is 2. The number of urea groups is 1. The Bertz CT molecular complexity index is 822. The number of nitrogens with zero attached hydrogens (tertiary/aromatic N) is 1. The van der Waals surface area contributed by atoms with E-state index in [0.29, 0.717) is 18.7 Å². The first-order valence-electron chi connectivity index (χ1n) is 8.18. The molecule has 0 bridgehead atoms. The topological polar surface area (TPSA) is 61.4 Å². The van der Waals surface area contributed by atoms with E-state index in [9.17, 15) is 9.59 Å². The highest BCUT2D eigenvalue weighted by Crippen LogP contribution is 2.23. The highest BCUT2D eigenvalue weighted by Gasteiger charge is 2.23. The first-order valence-corrected chi connectivity index (χ1v) is 8.97. The van der Waals surface area contributed by atoms with Crippen molar-refractivity contribution in [3.8, 4) is 0 Å². The van der Waals surface area contributed by atoms with Crippen LogP contribution in [-0.4, -0.2) is 25.0 Å². The van der Waals surface area contributed by atoms with Gasteiger partial charge in [-0.15, -0.1) is 0 Å². The van der Waals surface area contributed by atoms with Crippen LogP contribution < -0.4 is 15.5 Å². The van der Waals surface area contributed by atoms with Gasteiger partial charge in [0, 0.05) is 28.8 Å². The molecule has 0 saturated carbocycles. The lowest BCUT2D eigenvalue weighted by atomic mass is 10.1. The Balaban J connectivity index is 1.74. The van der Waals surface area contributed by atoms with Crippen LogP contribution in [0.5, 0.6) is 0 Å². The normalized spacial score (nSPS) is 15.0. The van der Waals surface area contributed by atoms with Gasteiger partial charge in [-0.3, -0.25) is 9.69 Å². The summed E-state index contributed by atoms with van der Waals surface area (Å²) in [4.78, 5) is 26.0. The molecule has 2 N–H and O–H groups in total. The van der Waals surface area contributed by atoms with Crippen LogP contribution >= 0.6 is 15.9 Å². The Kier molecular flexibility index (Phi) is 5.08. The number of hydrogen-bond donors (Lipinski definition) is 2. The molecule has 1 aliphatic heterocycles. The largest absolute Gasteiger partial charge is 0.346 e. The maximum atomic E-state index is 12.5. The number of carbonyl (C=O) groups is 2. The minimum Gasteiger partial charge on any atom is -0.346 e. The predicted molar refractivity (Wildman–Crippen MR) is 102 cm³/mol. The van der Waals surface area contributed by atoms with Crippen molar-refractivity contribution < 1.29 is 9.59 Å². The van der Waals surface area contributed by atoms with Crippen molar-refractivity contribution in [2.45, 2.75) is 19.9 Å². The second-order valence-corrected chi connectivity index (χ2v) is 7.05. The summed E-state index contributed by atoms with van der Waals surface area (Å²) < 4.78 is 0.982. The molecular formula is C19H20BrN3O2. The molecule has 1 aliphatic rings. The van der Waals surface area contributed by atoms with Crippen LogP contribution in [0.15, 0.2) is 46.9 Å². The molecule has 1 atom stereocenters. The summed E-state index contributed by atoms with van der Waals surface area (Å²) in [6, 6.07) is 13.1. The summed E-state index contributed by atoms with van der Waals surface area (Å²) in [7, 11) is 0. The highest BCUT2D eigenvalue weighted by atomic mass is 79.9. The van der Waals surface area contributed by atoms with Crippen LogP contribution in [0.25, 0.3) is 0 Å². The lowest BCUT2D eigenvalue weighted by molar-refractivity contribution is 0.0940. The third-order valence-corrected chi connectivity index (χ3v) is 4.80. The van der Waals surface area contributed by atoms with E-state index in [2.05, 4.69) is 26.6 Å². The Morgan fingerprint density at radius 2 is 2.08 bits per heavy atom. The molecule has 1 fully saturated rings. The number of rotatable bonds is 4. The molecule has 25 heavy (non-hydrogen) atoms. The van der Waals surface area contributed by atoms with Crippen LogP contribution in [0, 0.1) is 6.92 Å². The molecule has 2 aromatic rings. The Morgan fingerprint density at radius 3 is 2.72 bits per heavy atom. The van der Waals surface area contributed by atoms with Gasteiger partial charge in [0.05, 0.1) is 6.04 Å². The molecule has 1 unspecified atom stereocenters. The molecular weight excluding hydrogens is 382 g/mol. The first-order chi connectivity index (χ1) is 12.0. The van der Waals surface area contributed by atoms with Crippen LogP contribution in [0.4, 0.5) is 10.5 Å². The molecule has 0 aliphatic carbocycles. The summed E-state index contributed by atoms with van der Waals surface area (Å²) in [6.07, 6.45) is 0. The molecule has 5 nitrogen and oxygen atoms in total. The first kappa shape index (κ1) is 17.5. The number of carbonyl (C=O) groups excluding carboxylic acids is 2. The molecule has 0 radical (unpaired) electrons. The fraction of sp³-hybridized carbons (Fsp3) is 0.263. The Hall–Kier alpha value is -2.34. The number of anilines is 1. The van der Waals surface area contributed by atoms with E-state index >= 15 is 0 Å². The second-order valence-electron chi connectivity index (χ2n) is 6.13. The van der Waals surface area contributed by atoms with Gasteiger partial charge in [0.15, 0.2) is 0 Å². The van der Waals surface area contributed by atoms with Crippen molar-refractivity contribution in [3.05, 3.63) is 63.6 Å². The van der Waals surface area contributed by atoms with Crippen LogP contribution in [0.3, 0.4) is 0 Å². The van der Waals surface area contributed by atoms with Crippen molar-refractivity contribution in [2.75, 3.05) is 18.0 Å². The van der Waals surface area contributed by atoms with Crippen molar-refractivity contribution in [1.29, 1.82) is 0 Å². The molecule has 3 amide bonds. The molecule has 6 heteroatoms. The molecule has 0 aromatic heterocycles. The van der Waals surface area contributed by atoms with Gasteiger partial charge in [-0.1, -0.05) is 28.1 Å². The summed E-state index contributed by atoms with van der Waals surface area (Å²) in [5.41, 5.74) is 3.36. The summed E-state index contributed by atoms with van der Waals surface area (Å²) in [5, 5.41) is 5.80. The number of amides is 3. The lowest BCUT2D eigenvalue weighted by Crippen LogP contribution is -2.29. The van der Waals surface area contributed by atoms with E-state index in [1.54, 1.807) is 11.0 Å². The van der Waals surface area contributed by atoms with Crippen LogP contribution in [-0.2, 0) is 0 Å². The quantitative estimate of drug-likeness (QED) is 0.818. The average Bonchev–Trinajstić information content (AvgIpc) is 3.00. The molecule has 1 heterocycles. The van der Waals surface area contributed by atoms with Crippen molar-refractivity contribution in [2.24, 2.45) is 0 Å². The van der Waals surface area contributed by atoms with E-state index in [1.165, 1.54) is 0 Å². The number of hydrogen-bond acceptors (Lipinski definition) is 2. The zero-order valence-electron chi connectivity index (χ0n) is 14.2. The summed E-state index contributed by atoms with van der Waals surface area (Å²) >= 11 is 3.45. The van der Waals surface area contributed by atoms with Gasteiger partial charge in [-0.2, -0.15) is 0 Å². The van der Waals surface area contributed by atoms with Gasteiger partial charge in [0.25, 0.3) is 5.91 Å². The van der Waals surface area contributed by atoms with E-state index in [1.807, 2.05) is 50.2 Å². The number of nitrogens with one attached hydrogen (secondary N) is 2. The van der Waals surface area contributed by atoms with E-state index in [-0.39, 0.29) is 18.0 Å². The van der Waals surface area contributed by atoms with Crippen molar-refractivity contribution in [1.82, 2.24) is 10.6 Å². The maximum Gasteiger partial charge on any atom is 0.322 e. The molecule has 1 saturated heterocycles. The van der Waals surface area contributed by atoms with Gasteiger partial charge < -0.3 is 10.6 Å². The monoisotopic (exact) mass is 401 g/mol. The second kappa shape index (κ2) is 7.27. The van der Waals surface area contributed by atoms with Gasteiger partial charge in [0.1, 0.15) is 0 Å². The van der Waals surface area contributed by atoms with Gasteiger partial charge in [0.2, 0.25) is 0 Å². The number of halogens is 1. The molecule has 130 valence electrons. The summed E-state index contributed by atoms with van der Waals surface area (Å²) in [6.45, 7) is 5.15. The zero-order valence-corrected chi connectivity index (χ0v) is 15.8. The lowest BCUT2D eigenvalue weighted by Gasteiger charge is -2.19. The smallest absolute Gasteiger partial charge is 0.322 e. The Labute approximate surface area is 155 Å². The molecule has 0 spiro atoms. The minimum absolute atomic E-state index is 0.0939. The average molecular weight is 402 g/mol. The third kappa shape index (κ3) is 3.85. The predicted octanol–water partition coefficient (Wildman–Crippen LogP) is 3.78.